The minimum Gasteiger partial charge on any atom is -0.248 e. The molecule has 0 aliphatic heterocycles. The van der Waals surface area contributed by atoms with Gasteiger partial charge in [0.1, 0.15) is 0 Å². The summed E-state index contributed by atoms with van der Waals surface area (Å²) < 4.78 is 0. The number of aromatic nitrogens is 1. The zero-order valence-corrected chi connectivity index (χ0v) is 21.2. The zero-order valence-electron chi connectivity index (χ0n) is 21.2. The van der Waals surface area contributed by atoms with Crippen LogP contribution in [0.2, 0.25) is 0 Å². The van der Waals surface area contributed by atoms with Gasteiger partial charge in [0.2, 0.25) is 0 Å². The van der Waals surface area contributed by atoms with E-state index in [1.165, 1.54) is 65.2 Å². The summed E-state index contributed by atoms with van der Waals surface area (Å²) in [5.74, 6) is 0. The number of pyridine rings is 1. The second kappa shape index (κ2) is 8.53. The molecular formula is C37H27N. The summed E-state index contributed by atoms with van der Waals surface area (Å²) in [6, 6.07) is 35.3. The second-order valence-corrected chi connectivity index (χ2v) is 10.5. The Bertz CT molecular complexity index is 2080. The minimum absolute atomic E-state index is 1.04. The van der Waals surface area contributed by atoms with Gasteiger partial charge in [-0.25, -0.2) is 4.98 Å². The van der Waals surface area contributed by atoms with E-state index in [0.29, 0.717) is 0 Å². The van der Waals surface area contributed by atoms with Crippen LogP contribution < -0.4 is 10.4 Å². The number of aryl methyl sites for hydroxylation is 1. The van der Waals surface area contributed by atoms with Crippen LogP contribution in [-0.4, -0.2) is 4.98 Å². The average Bonchev–Trinajstić information content (AvgIpc) is 2.99. The van der Waals surface area contributed by atoms with Crippen molar-refractivity contribution in [3.8, 4) is 11.3 Å². The van der Waals surface area contributed by atoms with Crippen molar-refractivity contribution in [1.82, 2.24) is 4.98 Å². The van der Waals surface area contributed by atoms with Gasteiger partial charge in [0.25, 0.3) is 0 Å². The van der Waals surface area contributed by atoms with Crippen LogP contribution in [0, 0.1) is 0 Å². The van der Waals surface area contributed by atoms with Crippen LogP contribution in [-0.2, 0) is 6.42 Å². The minimum atomic E-state index is 1.04. The van der Waals surface area contributed by atoms with Crippen molar-refractivity contribution in [2.24, 2.45) is 0 Å². The van der Waals surface area contributed by atoms with Crippen LogP contribution in [0.3, 0.4) is 0 Å². The highest BCUT2D eigenvalue weighted by Crippen LogP contribution is 2.38. The van der Waals surface area contributed by atoms with Crippen molar-refractivity contribution in [2.75, 3.05) is 0 Å². The van der Waals surface area contributed by atoms with Crippen LogP contribution in [0.15, 0.2) is 103 Å². The average molecular weight is 486 g/mol. The summed E-state index contributed by atoms with van der Waals surface area (Å²) in [4.78, 5) is 5.17. The highest BCUT2D eigenvalue weighted by Gasteiger charge is 2.22. The monoisotopic (exact) mass is 485 g/mol. The van der Waals surface area contributed by atoms with Crippen LogP contribution >= 0.6 is 0 Å². The highest BCUT2D eigenvalue weighted by molar-refractivity contribution is 6.07. The fourth-order valence-corrected chi connectivity index (χ4v) is 6.69. The molecule has 6 aromatic rings. The predicted molar refractivity (Wildman–Crippen MR) is 161 cm³/mol. The molecule has 2 aliphatic carbocycles. The van der Waals surface area contributed by atoms with Gasteiger partial charge in [-0.05, 0) is 92.1 Å². The number of nitrogens with zero attached hydrogens (tertiary/aromatic N) is 1. The summed E-state index contributed by atoms with van der Waals surface area (Å²) in [5, 5.41) is 9.20. The zero-order chi connectivity index (χ0) is 25.1. The maximum absolute atomic E-state index is 5.17. The lowest BCUT2D eigenvalue weighted by Gasteiger charge is -2.24. The molecule has 1 heterocycles. The standard InChI is InChI=1S/C37H27N/c1-3-12-26-24(10-1)20-22-28-27(26)17-9-18-29(28)36-30-13-4-6-15-32(30)37(33-16-7-5-14-31(33)36)35-23-21-25-11-2-8-19-34(25)38-35/h1-4,6,8,10-16,18-23H,5,7,9,17H2. The number of fused-ring (bicyclic) bond motifs is 6. The van der Waals surface area contributed by atoms with E-state index in [1.54, 1.807) is 0 Å². The normalized spacial score (nSPS) is 14.5. The Hall–Kier alpha value is -4.49. The van der Waals surface area contributed by atoms with Gasteiger partial charge in [-0.1, -0.05) is 103 Å². The summed E-state index contributed by atoms with van der Waals surface area (Å²) >= 11 is 0. The molecule has 0 bridgehead atoms. The molecule has 1 heteroatoms. The van der Waals surface area contributed by atoms with Crippen LogP contribution in [0.25, 0.3) is 61.4 Å². The molecule has 0 fully saturated rings. The fourth-order valence-electron chi connectivity index (χ4n) is 6.69. The number of para-hydroxylation sites is 1. The SMILES string of the molecule is C1=C(c2c3c(c(-c4ccc5ccccc5n4)c4ccccc24)=CCCC=3)c2ccc3ccccc3c2CC1. The molecule has 0 radical (unpaired) electrons. The van der Waals surface area contributed by atoms with E-state index in [-0.39, 0.29) is 0 Å². The molecule has 0 saturated heterocycles. The molecule has 5 aromatic carbocycles. The van der Waals surface area contributed by atoms with E-state index in [1.807, 2.05) is 0 Å². The number of hydrogen-bond donors (Lipinski definition) is 0. The van der Waals surface area contributed by atoms with Gasteiger partial charge in [-0.2, -0.15) is 0 Å². The van der Waals surface area contributed by atoms with Crippen molar-refractivity contribution >= 4 is 50.2 Å². The number of rotatable bonds is 2. The van der Waals surface area contributed by atoms with E-state index >= 15 is 0 Å². The molecule has 0 unspecified atom stereocenters. The summed E-state index contributed by atoms with van der Waals surface area (Å²) in [6.07, 6.45) is 11.7. The molecule has 0 saturated carbocycles. The molecular weight excluding hydrogens is 458 g/mol. The van der Waals surface area contributed by atoms with E-state index in [2.05, 4.69) is 115 Å². The van der Waals surface area contributed by atoms with Gasteiger partial charge in [0, 0.05) is 10.9 Å². The number of benzene rings is 5. The first kappa shape index (κ1) is 21.6. The lowest BCUT2D eigenvalue weighted by molar-refractivity contribution is 0.988. The van der Waals surface area contributed by atoms with E-state index in [4.69, 9.17) is 4.98 Å². The maximum Gasteiger partial charge on any atom is 0.0722 e. The largest absolute Gasteiger partial charge is 0.248 e. The van der Waals surface area contributed by atoms with E-state index < -0.39 is 0 Å². The Labute approximate surface area is 222 Å². The highest BCUT2D eigenvalue weighted by atomic mass is 14.7. The molecule has 0 spiro atoms. The Kier molecular flexibility index (Phi) is 4.85. The van der Waals surface area contributed by atoms with Crippen molar-refractivity contribution in [2.45, 2.75) is 25.7 Å². The second-order valence-electron chi connectivity index (χ2n) is 10.5. The van der Waals surface area contributed by atoms with E-state index in [0.717, 1.165) is 36.9 Å². The third-order valence-corrected chi connectivity index (χ3v) is 8.36. The Morgan fingerprint density at radius 1 is 0.500 bits per heavy atom. The van der Waals surface area contributed by atoms with E-state index in [9.17, 15) is 0 Å². The van der Waals surface area contributed by atoms with Crippen molar-refractivity contribution in [1.29, 1.82) is 0 Å². The van der Waals surface area contributed by atoms with Gasteiger partial charge in [-0.15, -0.1) is 0 Å². The fraction of sp³-hybridized carbons (Fsp3) is 0.108. The summed E-state index contributed by atoms with van der Waals surface area (Å²) in [7, 11) is 0. The van der Waals surface area contributed by atoms with Gasteiger partial charge in [0.05, 0.1) is 11.2 Å². The molecule has 0 atom stereocenters. The van der Waals surface area contributed by atoms with Crippen molar-refractivity contribution in [3.05, 3.63) is 130 Å². The molecule has 8 rings (SSSR count). The lowest BCUT2D eigenvalue weighted by Crippen LogP contribution is -2.33. The van der Waals surface area contributed by atoms with Crippen LogP contribution in [0.1, 0.15) is 36.0 Å². The Morgan fingerprint density at radius 3 is 2.00 bits per heavy atom. The summed E-state index contributed by atoms with van der Waals surface area (Å²) in [5.41, 5.74) is 9.00. The van der Waals surface area contributed by atoms with Gasteiger partial charge in [0.15, 0.2) is 0 Å². The van der Waals surface area contributed by atoms with Crippen LogP contribution in [0.5, 0.6) is 0 Å². The van der Waals surface area contributed by atoms with Crippen LogP contribution in [0.4, 0.5) is 0 Å². The quantitative estimate of drug-likeness (QED) is 0.243. The molecule has 1 aromatic heterocycles. The first-order chi connectivity index (χ1) is 18.9. The van der Waals surface area contributed by atoms with Crippen molar-refractivity contribution in [3.63, 3.8) is 0 Å². The lowest BCUT2D eigenvalue weighted by atomic mass is 9.80. The number of allylic oxidation sites excluding steroid dienone is 1. The summed E-state index contributed by atoms with van der Waals surface area (Å²) in [6.45, 7) is 0. The topological polar surface area (TPSA) is 12.9 Å². The molecule has 1 nitrogen and oxygen atoms in total. The molecule has 38 heavy (non-hydrogen) atoms. The van der Waals surface area contributed by atoms with Gasteiger partial charge >= 0.3 is 0 Å². The third kappa shape index (κ3) is 3.22. The van der Waals surface area contributed by atoms with Crippen molar-refractivity contribution < 1.29 is 0 Å². The smallest absolute Gasteiger partial charge is 0.0722 e. The predicted octanol–water partition coefficient (Wildman–Crippen LogP) is 7.94. The Morgan fingerprint density at radius 2 is 1.16 bits per heavy atom. The maximum atomic E-state index is 5.17. The van der Waals surface area contributed by atoms with Gasteiger partial charge < -0.3 is 0 Å². The van der Waals surface area contributed by atoms with Gasteiger partial charge in [-0.3, -0.25) is 0 Å². The first-order valence-corrected chi connectivity index (χ1v) is 13.7. The first-order valence-electron chi connectivity index (χ1n) is 13.7. The Balaban J connectivity index is 1.47. The molecule has 2 aliphatic rings. The number of hydrogen-bond acceptors (Lipinski definition) is 1. The molecule has 0 N–H and O–H groups in total. The molecule has 0 amide bonds. The third-order valence-electron chi connectivity index (χ3n) is 8.36. The molecule has 180 valence electrons.